The van der Waals surface area contributed by atoms with E-state index in [-0.39, 0.29) is 18.2 Å². The number of aromatic nitrogens is 1. The summed E-state index contributed by atoms with van der Waals surface area (Å²) < 4.78 is 21.8. The highest BCUT2D eigenvalue weighted by molar-refractivity contribution is 5.91. The second-order valence-corrected chi connectivity index (χ2v) is 7.35. The second kappa shape index (κ2) is 9.51. The summed E-state index contributed by atoms with van der Waals surface area (Å²) in [5.41, 5.74) is 2.85. The van der Waals surface area contributed by atoms with Gasteiger partial charge in [0.25, 0.3) is 0 Å². The van der Waals surface area contributed by atoms with Crippen molar-refractivity contribution in [1.82, 2.24) is 10.3 Å². The number of hydrogen-bond acceptors (Lipinski definition) is 5. The highest BCUT2D eigenvalue weighted by Crippen LogP contribution is 2.40. The summed E-state index contributed by atoms with van der Waals surface area (Å²) >= 11 is 0. The minimum atomic E-state index is -0.239. The highest BCUT2D eigenvalue weighted by Gasteiger charge is 2.24. The van der Waals surface area contributed by atoms with Gasteiger partial charge in [-0.25, -0.2) is 0 Å². The number of carbonyl (C=O) groups is 1. The molecule has 166 valence electrons. The number of hydrogen-bond donors (Lipinski definition) is 2. The van der Waals surface area contributed by atoms with Crippen LogP contribution < -0.4 is 19.5 Å². The third kappa shape index (κ3) is 4.27. The number of nitrogens with one attached hydrogen (secondary N) is 2. The van der Waals surface area contributed by atoms with Crippen molar-refractivity contribution in [3.63, 3.8) is 0 Å². The van der Waals surface area contributed by atoms with Gasteiger partial charge in [-0.2, -0.15) is 0 Å². The van der Waals surface area contributed by atoms with Gasteiger partial charge >= 0.3 is 0 Å². The summed E-state index contributed by atoms with van der Waals surface area (Å²) in [7, 11) is 4.84. The smallest absolute Gasteiger partial charge is 0.221 e. The Bertz CT molecular complexity index is 1200. The first-order chi connectivity index (χ1) is 15.6. The lowest BCUT2D eigenvalue weighted by molar-refractivity contribution is -0.121. The molecule has 7 nitrogen and oxygen atoms in total. The predicted molar refractivity (Wildman–Crippen MR) is 121 cm³/mol. The SMILES string of the molecule is COc1ccc(C(CC(=O)NCc2ccco2)c2c[nH]c3cccc(OC)c23)cc1OC. The predicted octanol–water partition coefficient (Wildman–Crippen LogP) is 4.63. The zero-order valence-corrected chi connectivity index (χ0v) is 18.3. The van der Waals surface area contributed by atoms with Gasteiger partial charge in [0.15, 0.2) is 11.5 Å². The van der Waals surface area contributed by atoms with Gasteiger partial charge in [-0.15, -0.1) is 0 Å². The van der Waals surface area contributed by atoms with Crippen LogP contribution >= 0.6 is 0 Å². The van der Waals surface area contributed by atoms with E-state index in [1.54, 1.807) is 33.7 Å². The van der Waals surface area contributed by atoms with E-state index in [4.69, 9.17) is 18.6 Å². The first-order valence-corrected chi connectivity index (χ1v) is 10.3. The van der Waals surface area contributed by atoms with Gasteiger partial charge in [-0.1, -0.05) is 12.1 Å². The number of methoxy groups -OCH3 is 3. The molecule has 7 heteroatoms. The van der Waals surface area contributed by atoms with E-state index in [9.17, 15) is 4.79 Å². The summed E-state index contributed by atoms with van der Waals surface area (Å²) in [5.74, 6) is 2.36. The van der Waals surface area contributed by atoms with Crippen LogP contribution in [0.1, 0.15) is 29.2 Å². The molecular formula is C25H26N2O5. The van der Waals surface area contributed by atoms with Crippen LogP contribution in [-0.2, 0) is 11.3 Å². The van der Waals surface area contributed by atoms with Crippen molar-refractivity contribution in [2.45, 2.75) is 18.9 Å². The van der Waals surface area contributed by atoms with Crippen LogP contribution in [0.25, 0.3) is 10.9 Å². The van der Waals surface area contributed by atoms with Gasteiger partial charge in [0.2, 0.25) is 5.91 Å². The van der Waals surface area contributed by atoms with E-state index in [0.29, 0.717) is 23.8 Å². The maximum absolute atomic E-state index is 12.9. The molecule has 0 fully saturated rings. The molecule has 2 aromatic carbocycles. The number of carbonyl (C=O) groups excluding carboxylic acids is 1. The van der Waals surface area contributed by atoms with E-state index in [0.717, 1.165) is 27.8 Å². The molecule has 0 aliphatic carbocycles. The summed E-state index contributed by atoms with van der Waals surface area (Å²) in [6.07, 6.45) is 3.77. The molecule has 1 unspecified atom stereocenters. The van der Waals surface area contributed by atoms with Gasteiger partial charge in [0, 0.05) is 29.4 Å². The molecule has 1 amide bonds. The summed E-state index contributed by atoms with van der Waals surface area (Å²) in [4.78, 5) is 16.2. The lowest BCUT2D eigenvalue weighted by atomic mass is 9.87. The van der Waals surface area contributed by atoms with Crippen molar-refractivity contribution >= 4 is 16.8 Å². The Hall–Kier alpha value is -3.87. The summed E-state index contributed by atoms with van der Waals surface area (Å²) in [5, 5.41) is 3.90. The standard InChI is InChI=1S/C25H26N2O5/c1-29-21-10-9-16(12-23(21)31-3)18(13-24(28)27-14-17-6-5-11-32-17)19-15-26-20-7-4-8-22(30-2)25(19)20/h4-12,15,18,26H,13-14H2,1-3H3,(H,27,28). The Morgan fingerprint density at radius 2 is 1.81 bits per heavy atom. The number of furan rings is 1. The molecule has 0 radical (unpaired) electrons. The Kier molecular flexibility index (Phi) is 6.35. The maximum Gasteiger partial charge on any atom is 0.221 e. The van der Waals surface area contributed by atoms with Gasteiger partial charge in [-0.3, -0.25) is 4.79 Å². The van der Waals surface area contributed by atoms with Gasteiger partial charge in [0.1, 0.15) is 11.5 Å². The molecule has 4 aromatic rings. The first-order valence-electron chi connectivity index (χ1n) is 10.3. The molecule has 2 aromatic heterocycles. The van der Waals surface area contributed by atoms with Gasteiger partial charge in [-0.05, 0) is 47.5 Å². The quantitative estimate of drug-likeness (QED) is 0.401. The minimum Gasteiger partial charge on any atom is -0.496 e. The van der Waals surface area contributed by atoms with Gasteiger partial charge < -0.3 is 28.9 Å². The Balaban J connectivity index is 1.73. The van der Waals surface area contributed by atoms with E-state index in [1.165, 1.54) is 0 Å². The zero-order chi connectivity index (χ0) is 22.5. The van der Waals surface area contributed by atoms with Gasteiger partial charge in [0.05, 0.1) is 34.1 Å². The molecule has 0 bridgehead atoms. The van der Waals surface area contributed by atoms with Crippen LogP contribution in [0.5, 0.6) is 17.2 Å². The van der Waals surface area contributed by atoms with E-state index in [2.05, 4.69) is 10.3 Å². The van der Waals surface area contributed by atoms with Crippen molar-refractivity contribution in [1.29, 1.82) is 0 Å². The molecule has 4 rings (SSSR count). The molecule has 0 aliphatic heterocycles. The molecule has 2 heterocycles. The van der Waals surface area contributed by atoms with Crippen molar-refractivity contribution in [3.05, 3.63) is 77.9 Å². The van der Waals surface area contributed by atoms with Crippen LogP contribution in [-0.4, -0.2) is 32.2 Å². The van der Waals surface area contributed by atoms with Crippen LogP contribution in [0.3, 0.4) is 0 Å². The summed E-state index contributed by atoms with van der Waals surface area (Å²) in [6.45, 7) is 0.335. The maximum atomic E-state index is 12.9. The topological polar surface area (TPSA) is 85.7 Å². The molecule has 0 saturated carbocycles. The van der Waals surface area contributed by atoms with Crippen molar-refractivity contribution in [3.8, 4) is 17.2 Å². The van der Waals surface area contributed by atoms with Crippen molar-refractivity contribution in [2.24, 2.45) is 0 Å². The average molecular weight is 434 g/mol. The summed E-state index contributed by atoms with van der Waals surface area (Å²) in [6, 6.07) is 15.2. The van der Waals surface area contributed by atoms with Crippen molar-refractivity contribution < 1.29 is 23.4 Å². The minimum absolute atomic E-state index is 0.0922. The number of benzene rings is 2. The zero-order valence-electron chi connectivity index (χ0n) is 18.3. The largest absolute Gasteiger partial charge is 0.496 e. The third-order valence-corrected chi connectivity index (χ3v) is 5.53. The number of rotatable bonds is 9. The van der Waals surface area contributed by atoms with Crippen LogP contribution in [0.2, 0.25) is 0 Å². The fourth-order valence-electron chi connectivity index (χ4n) is 3.96. The average Bonchev–Trinajstić information content (AvgIpc) is 3.50. The van der Waals surface area contributed by atoms with Crippen molar-refractivity contribution in [2.75, 3.05) is 21.3 Å². The number of fused-ring (bicyclic) bond motifs is 1. The monoisotopic (exact) mass is 434 g/mol. The lowest BCUT2D eigenvalue weighted by Gasteiger charge is -2.19. The molecule has 0 saturated heterocycles. The fraction of sp³-hybridized carbons (Fsp3) is 0.240. The molecular weight excluding hydrogens is 408 g/mol. The number of aromatic amines is 1. The van der Waals surface area contributed by atoms with E-state index in [1.807, 2.05) is 48.7 Å². The Morgan fingerprint density at radius 1 is 1.00 bits per heavy atom. The molecule has 0 spiro atoms. The number of ether oxygens (including phenoxy) is 3. The highest BCUT2D eigenvalue weighted by atomic mass is 16.5. The van der Waals surface area contributed by atoms with E-state index < -0.39 is 0 Å². The second-order valence-electron chi connectivity index (χ2n) is 7.35. The van der Waals surface area contributed by atoms with E-state index >= 15 is 0 Å². The van der Waals surface area contributed by atoms with Crippen LogP contribution in [0.4, 0.5) is 0 Å². The number of H-pyrrole nitrogens is 1. The Labute approximate surface area is 186 Å². The Morgan fingerprint density at radius 3 is 2.53 bits per heavy atom. The normalized spacial score (nSPS) is 11.8. The molecule has 32 heavy (non-hydrogen) atoms. The molecule has 2 N–H and O–H groups in total. The van der Waals surface area contributed by atoms with Crippen LogP contribution in [0, 0.1) is 0 Å². The third-order valence-electron chi connectivity index (χ3n) is 5.53. The molecule has 0 aliphatic rings. The fourth-order valence-corrected chi connectivity index (χ4v) is 3.96. The number of amides is 1. The molecule has 1 atom stereocenters. The first kappa shape index (κ1) is 21.4. The van der Waals surface area contributed by atoms with Crippen LogP contribution in [0.15, 0.2) is 65.4 Å². The lowest BCUT2D eigenvalue weighted by Crippen LogP contribution is -2.24.